The average molecular weight is 792 g/mol. The molecule has 3 aromatic heterocycles. The van der Waals surface area contributed by atoms with Crippen molar-refractivity contribution in [2.24, 2.45) is 0 Å². The number of fused-ring (bicyclic) bond motifs is 7. The maximum Gasteiger partial charge on any atom is 0.164 e. The minimum absolute atomic E-state index is 0.629. The summed E-state index contributed by atoms with van der Waals surface area (Å²) in [6.45, 7) is 0. The van der Waals surface area contributed by atoms with Crippen LogP contribution in [0.2, 0.25) is 0 Å². The van der Waals surface area contributed by atoms with Gasteiger partial charge in [-0.05, 0) is 76.9 Å². The fourth-order valence-electron chi connectivity index (χ4n) is 9.05. The molecule has 3 heterocycles. The van der Waals surface area contributed by atoms with Gasteiger partial charge in [0.1, 0.15) is 0 Å². The van der Waals surface area contributed by atoms with E-state index in [0.717, 1.165) is 39.1 Å². The van der Waals surface area contributed by atoms with E-state index in [9.17, 15) is 0 Å². The summed E-state index contributed by atoms with van der Waals surface area (Å²) in [5.74, 6) is 1.92. The van der Waals surface area contributed by atoms with Gasteiger partial charge in [0.05, 0.1) is 22.1 Å². The molecule has 0 saturated carbocycles. The number of rotatable bonds is 7. The first kappa shape index (κ1) is 35.5. The highest BCUT2D eigenvalue weighted by molar-refractivity contribution is 6.23. The van der Waals surface area contributed by atoms with Crippen LogP contribution in [0.1, 0.15) is 0 Å². The molecule has 12 aromatic rings. The number of para-hydroxylation sites is 2. The molecule has 0 radical (unpaired) electrons. The van der Waals surface area contributed by atoms with Crippen LogP contribution >= 0.6 is 0 Å². The molecule has 0 fully saturated rings. The van der Waals surface area contributed by atoms with E-state index in [0.29, 0.717) is 17.5 Å². The molecule has 0 spiro atoms. The van der Waals surface area contributed by atoms with Crippen LogP contribution in [0.25, 0.3) is 111 Å². The van der Waals surface area contributed by atoms with Crippen LogP contribution in [0.15, 0.2) is 224 Å². The van der Waals surface area contributed by atoms with Gasteiger partial charge < -0.3 is 9.13 Å². The van der Waals surface area contributed by atoms with Crippen LogP contribution in [0.3, 0.4) is 0 Å². The second-order valence-electron chi connectivity index (χ2n) is 15.6. The highest BCUT2D eigenvalue weighted by Crippen LogP contribution is 2.42. The predicted molar refractivity (Wildman–Crippen MR) is 256 cm³/mol. The second-order valence-corrected chi connectivity index (χ2v) is 15.6. The Labute approximate surface area is 358 Å². The normalized spacial score (nSPS) is 11.5. The van der Waals surface area contributed by atoms with Crippen molar-refractivity contribution in [2.75, 3.05) is 0 Å². The van der Waals surface area contributed by atoms with Gasteiger partial charge in [-0.1, -0.05) is 170 Å². The molecule has 290 valence electrons. The number of benzene rings is 9. The molecular weight excluding hydrogens is 755 g/mol. The van der Waals surface area contributed by atoms with Crippen molar-refractivity contribution in [3.63, 3.8) is 0 Å². The molecule has 0 aliphatic carbocycles. The molecule has 0 bridgehead atoms. The zero-order valence-corrected chi connectivity index (χ0v) is 33.6. The van der Waals surface area contributed by atoms with Gasteiger partial charge in [-0.3, -0.25) is 0 Å². The van der Waals surface area contributed by atoms with Crippen LogP contribution in [-0.2, 0) is 0 Å². The summed E-state index contributed by atoms with van der Waals surface area (Å²) >= 11 is 0. The van der Waals surface area contributed by atoms with Gasteiger partial charge in [-0.15, -0.1) is 0 Å². The van der Waals surface area contributed by atoms with Crippen molar-refractivity contribution < 1.29 is 0 Å². The number of hydrogen-bond acceptors (Lipinski definition) is 3. The standard InChI is InChI=1S/C57H37N5/c1-4-15-38(16-5-1)43-21-14-22-44(37-43)39-27-31-45(32-28-39)61-51-25-12-10-23-47(51)49-35-36-50-48-24-11-13-26-52(48)62(54(50)53(49)61)46-33-29-42(30-34-46)57-59-55(40-17-6-2-7-18-40)58-56(60-57)41-19-8-3-9-20-41/h1-37H. The van der Waals surface area contributed by atoms with Crippen molar-refractivity contribution in [1.82, 2.24) is 24.1 Å². The van der Waals surface area contributed by atoms with Crippen LogP contribution in [0.4, 0.5) is 0 Å². The molecule has 5 heteroatoms. The molecule has 0 aliphatic heterocycles. The molecule has 0 saturated heterocycles. The Morgan fingerprint density at radius 2 is 0.581 bits per heavy atom. The van der Waals surface area contributed by atoms with Gasteiger partial charge in [-0.2, -0.15) is 0 Å². The summed E-state index contributed by atoms with van der Waals surface area (Å²) in [6, 6.07) is 79.4. The average Bonchev–Trinajstić information content (AvgIpc) is 3.88. The molecule has 0 aliphatic rings. The highest BCUT2D eigenvalue weighted by Gasteiger charge is 2.21. The van der Waals surface area contributed by atoms with Crippen LogP contribution in [0.5, 0.6) is 0 Å². The van der Waals surface area contributed by atoms with Crippen LogP contribution < -0.4 is 0 Å². The van der Waals surface area contributed by atoms with E-state index in [1.54, 1.807) is 0 Å². The Morgan fingerprint density at radius 3 is 1.03 bits per heavy atom. The van der Waals surface area contributed by atoms with Crippen molar-refractivity contribution in [2.45, 2.75) is 0 Å². The van der Waals surface area contributed by atoms with Crippen LogP contribution in [-0.4, -0.2) is 24.1 Å². The van der Waals surface area contributed by atoms with E-state index < -0.39 is 0 Å². The molecule has 12 rings (SSSR count). The van der Waals surface area contributed by atoms with Gasteiger partial charge in [0.15, 0.2) is 17.5 Å². The van der Waals surface area contributed by atoms with Gasteiger partial charge in [0, 0.05) is 49.6 Å². The van der Waals surface area contributed by atoms with Crippen molar-refractivity contribution in [3.8, 4) is 67.8 Å². The first-order chi connectivity index (χ1) is 30.7. The Hall–Kier alpha value is -8.41. The number of aromatic nitrogens is 5. The molecule has 5 nitrogen and oxygen atoms in total. The third kappa shape index (κ3) is 5.98. The van der Waals surface area contributed by atoms with Crippen molar-refractivity contribution in [1.29, 1.82) is 0 Å². The van der Waals surface area contributed by atoms with Gasteiger partial charge in [-0.25, -0.2) is 15.0 Å². The minimum atomic E-state index is 0.629. The summed E-state index contributed by atoms with van der Waals surface area (Å²) in [4.78, 5) is 14.9. The summed E-state index contributed by atoms with van der Waals surface area (Å²) in [5.41, 5.74) is 14.4. The summed E-state index contributed by atoms with van der Waals surface area (Å²) in [6.07, 6.45) is 0. The van der Waals surface area contributed by atoms with E-state index in [4.69, 9.17) is 15.0 Å². The molecule has 62 heavy (non-hydrogen) atoms. The molecular formula is C57H37N5. The number of nitrogens with zero attached hydrogens (tertiary/aromatic N) is 5. The molecule has 0 amide bonds. The first-order valence-electron chi connectivity index (χ1n) is 20.9. The van der Waals surface area contributed by atoms with Gasteiger partial charge in [0.2, 0.25) is 0 Å². The Balaban J connectivity index is 1.02. The minimum Gasteiger partial charge on any atom is -0.307 e. The Bertz CT molecular complexity index is 3530. The van der Waals surface area contributed by atoms with E-state index in [2.05, 4.69) is 173 Å². The lowest BCUT2D eigenvalue weighted by molar-refractivity contribution is 1.07. The smallest absolute Gasteiger partial charge is 0.164 e. The third-order valence-corrected chi connectivity index (χ3v) is 12.0. The fourth-order valence-corrected chi connectivity index (χ4v) is 9.05. The lowest BCUT2D eigenvalue weighted by atomic mass is 9.99. The third-order valence-electron chi connectivity index (χ3n) is 12.0. The van der Waals surface area contributed by atoms with Gasteiger partial charge >= 0.3 is 0 Å². The highest BCUT2D eigenvalue weighted by atomic mass is 15.1. The van der Waals surface area contributed by atoms with E-state index in [1.807, 2.05) is 60.7 Å². The molecule has 0 atom stereocenters. The second kappa shape index (κ2) is 14.7. The van der Waals surface area contributed by atoms with Crippen molar-refractivity contribution in [3.05, 3.63) is 224 Å². The quantitative estimate of drug-likeness (QED) is 0.162. The maximum atomic E-state index is 5.01. The summed E-state index contributed by atoms with van der Waals surface area (Å²) < 4.78 is 4.87. The monoisotopic (exact) mass is 791 g/mol. The topological polar surface area (TPSA) is 48.5 Å². The van der Waals surface area contributed by atoms with E-state index in [1.165, 1.54) is 54.8 Å². The number of hydrogen-bond donors (Lipinski definition) is 0. The predicted octanol–water partition coefficient (Wildman–Crippen LogP) is 14.4. The van der Waals surface area contributed by atoms with Crippen LogP contribution in [0, 0.1) is 0 Å². The molecule has 0 unspecified atom stereocenters. The van der Waals surface area contributed by atoms with E-state index >= 15 is 0 Å². The molecule has 9 aromatic carbocycles. The molecule has 0 N–H and O–H groups in total. The van der Waals surface area contributed by atoms with E-state index in [-0.39, 0.29) is 0 Å². The van der Waals surface area contributed by atoms with Gasteiger partial charge in [0.25, 0.3) is 0 Å². The lowest BCUT2D eigenvalue weighted by Gasteiger charge is -2.14. The Morgan fingerprint density at radius 1 is 0.242 bits per heavy atom. The zero-order chi connectivity index (χ0) is 41.0. The first-order valence-corrected chi connectivity index (χ1v) is 20.9. The van der Waals surface area contributed by atoms with Crippen molar-refractivity contribution >= 4 is 43.6 Å². The Kier molecular flexibility index (Phi) is 8.42. The zero-order valence-electron chi connectivity index (χ0n) is 33.6. The largest absolute Gasteiger partial charge is 0.307 e. The summed E-state index contributed by atoms with van der Waals surface area (Å²) in [5, 5.41) is 4.83. The summed E-state index contributed by atoms with van der Waals surface area (Å²) in [7, 11) is 0. The SMILES string of the molecule is c1ccc(-c2cccc(-c3ccc(-n4c5ccccc5c5ccc6c7ccccc7n(-c7ccc(-c8nc(-c9ccccc9)nc(-c9ccccc9)n8)cc7)c6c54)cc3)c2)cc1. The maximum absolute atomic E-state index is 5.01. The fraction of sp³-hybridized carbons (Fsp3) is 0. The lowest BCUT2D eigenvalue weighted by Crippen LogP contribution is -2.01.